The van der Waals surface area contributed by atoms with Crippen molar-refractivity contribution in [2.75, 3.05) is 18.0 Å². The van der Waals surface area contributed by atoms with Gasteiger partial charge in [-0.25, -0.2) is 14.7 Å². The maximum absolute atomic E-state index is 11.0. The summed E-state index contributed by atoms with van der Waals surface area (Å²) in [6.07, 6.45) is -3.77. The van der Waals surface area contributed by atoms with Crippen LogP contribution >= 0.6 is 23.2 Å². The summed E-state index contributed by atoms with van der Waals surface area (Å²) >= 11 is 12.2. The lowest BCUT2D eigenvalue weighted by Gasteiger charge is -2.33. The first-order chi connectivity index (χ1) is 14.0. The highest BCUT2D eigenvalue weighted by Gasteiger charge is 2.38. The number of alkyl halides is 3. The molecule has 1 aromatic heterocycles. The van der Waals surface area contributed by atoms with Gasteiger partial charge in [0.2, 0.25) is 5.69 Å². The van der Waals surface area contributed by atoms with Crippen molar-refractivity contribution < 1.29 is 37.7 Å². The molecule has 0 unspecified atom stereocenters. The SMILES string of the molecule is O=C(O)C(F)(F)F.O=C(O)c1[nH]nnc1OC1CCN(c2cc(Cl)ccc2Cl)CC1. The molecule has 1 aliphatic rings. The second-order valence-electron chi connectivity index (χ2n) is 6.00. The number of hydrogen-bond donors (Lipinski definition) is 3. The van der Waals surface area contributed by atoms with Gasteiger partial charge in [0.05, 0.1) is 10.7 Å². The molecule has 0 radical (unpaired) electrons. The first-order valence-electron chi connectivity index (χ1n) is 8.30. The van der Waals surface area contributed by atoms with E-state index in [2.05, 4.69) is 20.3 Å². The summed E-state index contributed by atoms with van der Waals surface area (Å²) in [5, 5.41) is 26.9. The van der Waals surface area contributed by atoms with E-state index in [-0.39, 0.29) is 17.7 Å². The average molecular weight is 471 g/mol. The fourth-order valence-electron chi connectivity index (χ4n) is 2.54. The molecular formula is C16H15Cl2F3N4O5. The molecule has 0 aliphatic carbocycles. The van der Waals surface area contributed by atoms with Crippen molar-refractivity contribution in [3.63, 3.8) is 0 Å². The van der Waals surface area contributed by atoms with Gasteiger partial charge in [0, 0.05) is 31.0 Å². The smallest absolute Gasteiger partial charge is 0.476 e. The normalized spacial score (nSPS) is 14.6. The molecule has 164 valence electrons. The van der Waals surface area contributed by atoms with Crippen molar-refractivity contribution in [3.05, 3.63) is 33.9 Å². The predicted octanol–water partition coefficient (Wildman–Crippen LogP) is 3.49. The Kier molecular flexibility index (Phi) is 7.73. The van der Waals surface area contributed by atoms with Gasteiger partial charge in [0.15, 0.2) is 0 Å². The standard InChI is InChI=1S/C14H14Cl2N4O3.C2HF3O2/c15-8-1-2-10(16)11(7-8)20-5-3-9(4-6-20)23-13-12(14(21)22)17-19-18-13;3-2(4,5)1(6)7/h1-2,7,9H,3-6H2,(H,21,22)(H,17,18,19);(H,6,7). The third kappa shape index (κ3) is 6.39. The number of aromatic amines is 1. The number of ether oxygens (including phenoxy) is 1. The van der Waals surface area contributed by atoms with Crippen molar-refractivity contribution in [2.45, 2.75) is 25.1 Å². The number of carbonyl (C=O) groups is 2. The van der Waals surface area contributed by atoms with E-state index in [1.807, 2.05) is 6.07 Å². The van der Waals surface area contributed by atoms with Crippen molar-refractivity contribution in [1.82, 2.24) is 15.4 Å². The van der Waals surface area contributed by atoms with E-state index in [1.54, 1.807) is 12.1 Å². The molecule has 1 aliphatic heterocycles. The van der Waals surface area contributed by atoms with E-state index in [4.69, 9.17) is 42.9 Å². The number of H-pyrrole nitrogens is 1. The Morgan fingerprint density at radius 3 is 2.33 bits per heavy atom. The van der Waals surface area contributed by atoms with Gasteiger partial charge in [0.25, 0.3) is 5.88 Å². The lowest BCUT2D eigenvalue weighted by molar-refractivity contribution is -0.192. The van der Waals surface area contributed by atoms with Crippen LogP contribution in [-0.2, 0) is 4.79 Å². The van der Waals surface area contributed by atoms with Crippen molar-refractivity contribution >= 4 is 40.8 Å². The zero-order chi connectivity index (χ0) is 22.5. The number of carboxylic acids is 2. The van der Waals surface area contributed by atoms with Crippen LogP contribution in [0.25, 0.3) is 0 Å². The molecule has 9 nitrogen and oxygen atoms in total. The number of carboxylic acid groups (broad SMARTS) is 2. The highest BCUT2D eigenvalue weighted by atomic mass is 35.5. The minimum absolute atomic E-state index is 0.0248. The van der Waals surface area contributed by atoms with Gasteiger partial charge < -0.3 is 19.8 Å². The Morgan fingerprint density at radius 1 is 1.20 bits per heavy atom. The Bertz CT molecular complexity index is 901. The van der Waals surface area contributed by atoms with Crippen molar-refractivity contribution in [1.29, 1.82) is 0 Å². The second kappa shape index (κ2) is 9.85. The topological polar surface area (TPSA) is 129 Å². The van der Waals surface area contributed by atoms with Gasteiger partial charge in [-0.05, 0) is 18.2 Å². The Balaban J connectivity index is 0.000000396. The molecule has 14 heteroatoms. The van der Waals surface area contributed by atoms with Crippen LogP contribution in [0.1, 0.15) is 23.3 Å². The van der Waals surface area contributed by atoms with E-state index in [1.165, 1.54) is 0 Å². The van der Waals surface area contributed by atoms with E-state index in [0.717, 1.165) is 31.6 Å². The van der Waals surface area contributed by atoms with Crippen LogP contribution in [0.4, 0.5) is 18.9 Å². The largest absolute Gasteiger partial charge is 0.490 e. The summed E-state index contributed by atoms with van der Waals surface area (Å²) in [6, 6.07) is 5.36. The molecule has 0 saturated carbocycles. The van der Waals surface area contributed by atoms with Gasteiger partial charge in [-0.1, -0.05) is 33.5 Å². The molecule has 0 amide bonds. The Hall–Kier alpha value is -2.73. The molecule has 2 aromatic rings. The van der Waals surface area contributed by atoms with Gasteiger partial charge in [-0.2, -0.15) is 13.2 Å². The molecule has 1 saturated heterocycles. The van der Waals surface area contributed by atoms with Crippen molar-refractivity contribution in [3.8, 4) is 5.88 Å². The van der Waals surface area contributed by atoms with Crippen LogP contribution in [0.5, 0.6) is 5.88 Å². The van der Waals surface area contributed by atoms with E-state index >= 15 is 0 Å². The second-order valence-corrected chi connectivity index (χ2v) is 6.84. The molecule has 0 atom stereocenters. The number of benzene rings is 1. The maximum Gasteiger partial charge on any atom is 0.490 e. The third-order valence-electron chi connectivity index (χ3n) is 3.94. The summed E-state index contributed by atoms with van der Waals surface area (Å²) in [7, 11) is 0. The fraction of sp³-hybridized carbons (Fsp3) is 0.375. The molecule has 1 fully saturated rings. The van der Waals surface area contributed by atoms with Gasteiger partial charge in [-0.15, -0.1) is 0 Å². The monoisotopic (exact) mass is 470 g/mol. The summed E-state index contributed by atoms with van der Waals surface area (Å²) in [5.41, 5.74) is 0.760. The van der Waals surface area contributed by atoms with Crippen LogP contribution in [0.15, 0.2) is 18.2 Å². The fourth-order valence-corrected chi connectivity index (χ4v) is 2.94. The van der Waals surface area contributed by atoms with Crippen LogP contribution in [0, 0.1) is 0 Å². The number of anilines is 1. The molecule has 30 heavy (non-hydrogen) atoms. The van der Waals surface area contributed by atoms with Crippen LogP contribution < -0.4 is 9.64 Å². The molecule has 0 spiro atoms. The van der Waals surface area contributed by atoms with E-state index < -0.39 is 18.1 Å². The Morgan fingerprint density at radius 2 is 1.80 bits per heavy atom. The van der Waals surface area contributed by atoms with Gasteiger partial charge in [-0.3, -0.25) is 0 Å². The van der Waals surface area contributed by atoms with E-state index in [9.17, 15) is 18.0 Å². The van der Waals surface area contributed by atoms with Crippen LogP contribution in [-0.4, -0.2) is 62.9 Å². The molecule has 2 heterocycles. The lowest BCUT2D eigenvalue weighted by Crippen LogP contribution is -2.38. The summed E-state index contributed by atoms with van der Waals surface area (Å²) in [4.78, 5) is 22.0. The van der Waals surface area contributed by atoms with Gasteiger partial charge in [0.1, 0.15) is 6.10 Å². The van der Waals surface area contributed by atoms with Crippen LogP contribution in [0.3, 0.4) is 0 Å². The van der Waals surface area contributed by atoms with E-state index in [0.29, 0.717) is 10.0 Å². The summed E-state index contributed by atoms with van der Waals surface area (Å²) in [6.45, 7) is 1.45. The van der Waals surface area contributed by atoms with Gasteiger partial charge >= 0.3 is 18.1 Å². The number of nitrogens with one attached hydrogen (secondary N) is 1. The average Bonchev–Trinajstić information content (AvgIpc) is 3.13. The number of aliphatic carboxylic acids is 1. The number of halogens is 5. The van der Waals surface area contributed by atoms with Crippen LogP contribution in [0.2, 0.25) is 10.0 Å². The number of aromatic carboxylic acids is 1. The number of hydrogen-bond acceptors (Lipinski definition) is 6. The molecule has 3 rings (SSSR count). The Labute approximate surface area is 177 Å². The molecule has 3 N–H and O–H groups in total. The first kappa shape index (κ1) is 23.5. The molecule has 0 bridgehead atoms. The zero-order valence-corrected chi connectivity index (χ0v) is 16.5. The predicted molar refractivity (Wildman–Crippen MR) is 99.4 cm³/mol. The number of piperidine rings is 1. The minimum Gasteiger partial charge on any atom is -0.476 e. The highest BCUT2D eigenvalue weighted by molar-refractivity contribution is 6.35. The zero-order valence-electron chi connectivity index (χ0n) is 15.0. The first-order valence-corrected chi connectivity index (χ1v) is 9.05. The molecule has 1 aromatic carbocycles. The summed E-state index contributed by atoms with van der Waals surface area (Å²) < 4.78 is 37.4. The number of aromatic nitrogens is 3. The third-order valence-corrected chi connectivity index (χ3v) is 4.50. The highest BCUT2D eigenvalue weighted by Crippen LogP contribution is 2.31. The minimum atomic E-state index is -5.08. The number of rotatable bonds is 4. The summed E-state index contributed by atoms with van der Waals surface area (Å²) in [5.74, 6) is -3.88. The number of nitrogens with zero attached hydrogens (tertiary/aromatic N) is 3. The quantitative estimate of drug-likeness (QED) is 0.619. The lowest BCUT2D eigenvalue weighted by atomic mass is 10.1. The molecular weight excluding hydrogens is 456 g/mol. The van der Waals surface area contributed by atoms with Crippen molar-refractivity contribution in [2.24, 2.45) is 0 Å². The maximum atomic E-state index is 11.0.